The number of nitrogen functional groups attached to an aromatic ring is 1. The molecule has 0 unspecified atom stereocenters. The molecule has 94 valence electrons. The molecule has 3 N–H and O–H groups in total. The number of nitrogens with two attached hydrogens (primary N) is 1. The molecule has 0 aliphatic heterocycles. The first-order valence-electron chi connectivity index (χ1n) is 5.28. The molecule has 0 bridgehead atoms. The molecule has 0 radical (unpaired) electrons. The molecule has 1 heterocycles. The molecule has 1 aromatic carbocycles. The number of nitrogens with zero attached hydrogens (tertiary/aromatic N) is 1. The summed E-state index contributed by atoms with van der Waals surface area (Å²) in [6, 6.07) is 9.36. The van der Waals surface area contributed by atoms with Crippen LogP contribution in [0.5, 0.6) is 0 Å². The fourth-order valence-electron chi connectivity index (χ4n) is 1.35. The maximum atomic E-state index is 11.7. The fourth-order valence-corrected chi connectivity index (χ4v) is 2.08. The Morgan fingerprint density at radius 1 is 1.39 bits per heavy atom. The Balaban J connectivity index is 1.99. The quantitative estimate of drug-likeness (QED) is 0.819. The van der Waals surface area contributed by atoms with Crippen LogP contribution in [0.3, 0.4) is 0 Å². The third-order valence-corrected chi connectivity index (χ3v) is 3.29. The first kappa shape index (κ1) is 12.5. The second-order valence-electron chi connectivity index (χ2n) is 3.55. The molecule has 0 spiro atoms. The number of ether oxygens (including phenoxy) is 1. The lowest BCUT2D eigenvalue weighted by molar-refractivity contribution is 0.0472. The third kappa shape index (κ3) is 2.85. The van der Waals surface area contributed by atoms with Gasteiger partial charge in [-0.05, 0) is 5.56 Å². The van der Waals surface area contributed by atoms with Crippen LogP contribution in [-0.2, 0) is 18.0 Å². The lowest BCUT2D eigenvalue weighted by Crippen LogP contribution is -2.04. The summed E-state index contributed by atoms with van der Waals surface area (Å²) in [5, 5.41) is 9.12. The van der Waals surface area contributed by atoms with Gasteiger partial charge < -0.3 is 15.6 Å². The molecule has 0 aliphatic rings. The van der Waals surface area contributed by atoms with E-state index in [0.717, 1.165) is 16.9 Å². The number of hydrogen-bond donors (Lipinski definition) is 2. The Morgan fingerprint density at radius 3 is 2.72 bits per heavy atom. The van der Waals surface area contributed by atoms with E-state index >= 15 is 0 Å². The molecule has 2 aromatic rings. The van der Waals surface area contributed by atoms with Gasteiger partial charge in [-0.2, -0.15) is 0 Å². The first-order chi connectivity index (χ1) is 8.70. The van der Waals surface area contributed by atoms with E-state index in [-0.39, 0.29) is 24.0 Å². The van der Waals surface area contributed by atoms with Crippen molar-refractivity contribution >= 4 is 23.1 Å². The van der Waals surface area contributed by atoms with E-state index in [9.17, 15) is 4.79 Å². The van der Waals surface area contributed by atoms with E-state index in [2.05, 4.69) is 4.98 Å². The van der Waals surface area contributed by atoms with Gasteiger partial charge in [-0.3, -0.25) is 0 Å². The lowest BCUT2D eigenvalue weighted by Gasteiger charge is -2.01. The van der Waals surface area contributed by atoms with E-state index < -0.39 is 5.97 Å². The lowest BCUT2D eigenvalue weighted by atomic mass is 10.2. The second kappa shape index (κ2) is 5.61. The van der Waals surface area contributed by atoms with Crippen molar-refractivity contribution < 1.29 is 14.6 Å². The van der Waals surface area contributed by atoms with Crippen molar-refractivity contribution in [2.75, 3.05) is 5.73 Å². The van der Waals surface area contributed by atoms with Crippen LogP contribution < -0.4 is 5.73 Å². The molecular weight excluding hydrogens is 252 g/mol. The van der Waals surface area contributed by atoms with Gasteiger partial charge in [0.05, 0.1) is 11.5 Å². The predicted octanol–water partition coefficient (Wildman–Crippen LogP) is 1.57. The number of aliphatic hydroxyl groups is 1. The Hall–Kier alpha value is -1.92. The maximum absolute atomic E-state index is 11.7. The van der Waals surface area contributed by atoms with Crippen molar-refractivity contribution in [3.8, 4) is 0 Å². The number of carbonyl (C=O) groups excluding carboxylic acids is 1. The third-order valence-electron chi connectivity index (χ3n) is 2.26. The average molecular weight is 264 g/mol. The Labute approximate surface area is 108 Å². The highest BCUT2D eigenvalue weighted by molar-refractivity contribution is 7.14. The fraction of sp³-hybridized carbons (Fsp3) is 0.167. The Bertz CT molecular complexity index is 540. The number of benzene rings is 1. The SMILES string of the molecule is Nc1nc(C(=O)OCc2ccccc2)sc1CO. The van der Waals surface area contributed by atoms with Crippen molar-refractivity contribution in [3.05, 3.63) is 45.8 Å². The van der Waals surface area contributed by atoms with Crippen molar-refractivity contribution in [2.45, 2.75) is 13.2 Å². The summed E-state index contributed by atoms with van der Waals surface area (Å²) < 4.78 is 5.10. The minimum atomic E-state index is -0.532. The summed E-state index contributed by atoms with van der Waals surface area (Å²) in [6.07, 6.45) is 0. The van der Waals surface area contributed by atoms with Gasteiger partial charge in [-0.1, -0.05) is 30.3 Å². The molecule has 18 heavy (non-hydrogen) atoms. The number of aliphatic hydroxyl groups excluding tert-OH is 1. The van der Waals surface area contributed by atoms with Crippen molar-refractivity contribution in [2.24, 2.45) is 0 Å². The number of hydrogen-bond acceptors (Lipinski definition) is 6. The minimum absolute atomic E-state index is 0.160. The molecular formula is C12H12N2O3S. The van der Waals surface area contributed by atoms with Crippen LogP contribution in [0.15, 0.2) is 30.3 Å². The molecule has 0 fully saturated rings. The number of anilines is 1. The van der Waals surface area contributed by atoms with Crippen molar-refractivity contribution in [1.82, 2.24) is 4.98 Å². The van der Waals surface area contributed by atoms with E-state index in [1.165, 1.54) is 0 Å². The number of rotatable bonds is 4. The van der Waals surface area contributed by atoms with Crippen molar-refractivity contribution in [1.29, 1.82) is 0 Å². The summed E-state index contributed by atoms with van der Waals surface area (Å²) in [6.45, 7) is -0.0386. The van der Waals surface area contributed by atoms with E-state index in [0.29, 0.717) is 4.88 Å². The van der Waals surface area contributed by atoms with Gasteiger partial charge in [0.15, 0.2) is 0 Å². The topological polar surface area (TPSA) is 85.4 Å². The zero-order chi connectivity index (χ0) is 13.0. The summed E-state index contributed by atoms with van der Waals surface area (Å²) in [5.41, 5.74) is 6.43. The Kier molecular flexibility index (Phi) is 3.91. The normalized spacial score (nSPS) is 10.3. The number of carbonyl (C=O) groups is 1. The van der Waals surface area contributed by atoms with Crippen LogP contribution >= 0.6 is 11.3 Å². The summed E-state index contributed by atoms with van der Waals surface area (Å²) in [7, 11) is 0. The first-order valence-corrected chi connectivity index (χ1v) is 6.09. The van der Waals surface area contributed by atoms with Crippen LogP contribution in [0.4, 0.5) is 5.82 Å². The molecule has 0 saturated heterocycles. The molecule has 0 amide bonds. The number of aromatic nitrogens is 1. The van der Waals surface area contributed by atoms with Gasteiger partial charge in [0.25, 0.3) is 0 Å². The van der Waals surface area contributed by atoms with Crippen LogP contribution in [-0.4, -0.2) is 16.1 Å². The molecule has 0 atom stereocenters. The van der Waals surface area contributed by atoms with Crippen molar-refractivity contribution in [3.63, 3.8) is 0 Å². The largest absolute Gasteiger partial charge is 0.455 e. The van der Waals surface area contributed by atoms with Gasteiger partial charge >= 0.3 is 5.97 Å². The molecule has 5 nitrogen and oxygen atoms in total. The number of esters is 1. The molecule has 2 rings (SSSR count). The molecule has 6 heteroatoms. The van der Waals surface area contributed by atoms with Gasteiger partial charge in [0, 0.05) is 0 Å². The van der Waals surface area contributed by atoms with Crippen LogP contribution in [0, 0.1) is 0 Å². The van der Waals surface area contributed by atoms with Crippen LogP contribution in [0.2, 0.25) is 0 Å². The van der Waals surface area contributed by atoms with E-state index in [4.69, 9.17) is 15.6 Å². The van der Waals surface area contributed by atoms with E-state index in [1.807, 2.05) is 30.3 Å². The highest BCUT2D eigenvalue weighted by atomic mass is 32.1. The predicted molar refractivity (Wildman–Crippen MR) is 68.0 cm³/mol. The zero-order valence-corrected chi connectivity index (χ0v) is 10.3. The summed E-state index contributed by atoms with van der Waals surface area (Å²) in [5.74, 6) is -0.357. The summed E-state index contributed by atoms with van der Waals surface area (Å²) in [4.78, 5) is 16.0. The average Bonchev–Trinajstić information content (AvgIpc) is 2.78. The zero-order valence-electron chi connectivity index (χ0n) is 9.50. The van der Waals surface area contributed by atoms with Crippen LogP contribution in [0.25, 0.3) is 0 Å². The monoisotopic (exact) mass is 264 g/mol. The van der Waals surface area contributed by atoms with Crippen LogP contribution in [0.1, 0.15) is 20.2 Å². The minimum Gasteiger partial charge on any atom is -0.455 e. The molecule has 0 saturated carbocycles. The molecule has 0 aliphatic carbocycles. The molecule has 1 aromatic heterocycles. The van der Waals surface area contributed by atoms with Gasteiger partial charge in [0.2, 0.25) is 5.01 Å². The van der Waals surface area contributed by atoms with Gasteiger partial charge in [0.1, 0.15) is 12.4 Å². The highest BCUT2D eigenvalue weighted by Crippen LogP contribution is 2.21. The number of thiazole rings is 1. The highest BCUT2D eigenvalue weighted by Gasteiger charge is 2.15. The summed E-state index contributed by atoms with van der Waals surface area (Å²) >= 11 is 1.04. The maximum Gasteiger partial charge on any atom is 0.367 e. The van der Waals surface area contributed by atoms with E-state index in [1.54, 1.807) is 0 Å². The second-order valence-corrected chi connectivity index (χ2v) is 4.63. The standard InChI is InChI=1S/C12H12N2O3S/c13-10-9(6-15)18-11(14-10)12(16)17-7-8-4-2-1-3-5-8/h1-5,15H,6-7,13H2. The van der Waals surface area contributed by atoms with Gasteiger partial charge in [-0.15, -0.1) is 11.3 Å². The van der Waals surface area contributed by atoms with Gasteiger partial charge in [-0.25, -0.2) is 9.78 Å². The Morgan fingerprint density at radius 2 is 2.11 bits per heavy atom. The smallest absolute Gasteiger partial charge is 0.367 e.